The molecule has 0 saturated carbocycles. The van der Waals surface area contributed by atoms with Crippen LogP contribution in [0.3, 0.4) is 0 Å². The van der Waals surface area contributed by atoms with Gasteiger partial charge in [-0.2, -0.15) is 0 Å². The molecule has 0 heterocycles. The number of hydrogen-bond acceptors (Lipinski definition) is 2. The first-order chi connectivity index (χ1) is 6.22. The lowest BCUT2D eigenvalue weighted by atomic mass is 10.1. The van der Waals surface area contributed by atoms with E-state index in [2.05, 4.69) is 25.9 Å². The largest absolute Gasteiger partial charge is 0.385 e. The minimum absolute atomic E-state index is 0.700. The van der Waals surface area contributed by atoms with E-state index in [9.17, 15) is 0 Å². The summed E-state index contributed by atoms with van der Waals surface area (Å²) >= 11 is 0. The Bertz CT molecular complexity index is 104. The van der Waals surface area contributed by atoms with Gasteiger partial charge in [-0.25, -0.2) is 0 Å². The fourth-order valence-electron chi connectivity index (χ4n) is 1.54. The van der Waals surface area contributed by atoms with Gasteiger partial charge in [0.25, 0.3) is 0 Å². The Labute approximate surface area is 83.3 Å². The van der Waals surface area contributed by atoms with Gasteiger partial charge in [-0.15, -0.1) is 0 Å². The van der Waals surface area contributed by atoms with Crippen molar-refractivity contribution >= 4 is 0 Å². The Kier molecular flexibility index (Phi) is 8.46. The number of hydrogen-bond donors (Lipinski definition) is 0. The minimum atomic E-state index is 0.700. The first-order valence-corrected chi connectivity index (χ1v) is 5.37. The van der Waals surface area contributed by atoms with Crippen molar-refractivity contribution in [3.05, 3.63) is 0 Å². The Balaban J connectivity index is 3.54. The highest BCUT2D eigenvalue weighted by atomic mass is 16.5. The minimum Gasteiger partial charge on any atom is -0.385 e. The lowest BCUT2D eigenvalue weighted by molar-refractivity contribution is 0.152. The molecule has 0 aromatic carbocycles. The summed E-state index contributed by atoms with van der Waals surface area (Å²) in [5, 5.41) is 0. The van der Waals surface area contributed by atoms with Crippen molar-refractivity contribution in [1.82, 2.24) is 4.90 Å². The molecule has 0 N–H and O–H groups in total. The van der Waals surface area contributed by atoms with Crippen LogP contribution >= 0.6 is 0 Å². The van der Waals surface area contributed by atoms with Crippen molar-refractivity contribution in [2.24, 2.45) is 0 Å². The van der Waals surface area contributed by atoms with Crippen molar-refractivity contribution < 1.29 is 4.74 Å². The molecule has 0 aromatic heterocycles. The summed E-state index contributed by atoms with van der Waals surface area (Å²) in [6, 6.07) is 0.700. The Morgan fingerprint density at radius 1 is 1.15 bits per heavy atom. The van der Waals surface area contributed by atoms with Crippen LogP contribution in [-0.4, -0.2) is 38.8 Å². The van der Waals surface area contributed by atoms with E-state index in [0.29, 0.717) is 6.04 Å². The Morgan fingerprint density at radius 3 is 2.31 bits per heavy atom. The molecule has 0 aliphatic rings. The second-order valence-corrected chi connectivity index (χ2v) is 3.89. The van der Waals surface area contributed by atoms with E-state index in [1.807, 2.05) is 0 Å². The monoisotopic (exact) mass is 187 g/mol. The third-order valence-corrected chi connectivity index (χ3v) is 2.53. The van der Waals surface area contributed by atoms with Crippen molar-refractivity contribution in [3.63, 3.8) is 0 Å². The van der Waals surface area contributed by atoms with Gasteiger partial charge in [-0.05, 0) is 26.9 Å². The molecule has 0 saturated heterocycles. The number of ether oxygens (including phenoxy) is 1. The highest BCUT2D eigenvalue weighted by Crippen LogP contribution is 2.10. The maximum Gasteiger partial charge on any atom is 0.0477 e. The summed E-state index contributed by atoms with van der Waals surface area (Å²) in [5.74, 6) is 0. The van der Waals surface area contributed by atoms with E-state index < -0.39 is 0 Å². The van der Waals surface area contributed by atoms with Gasteiger partial charge in [-0.1, -0.05) is 26.2 Å². The van der Waals surface area contributed by atoms with Crippen LogP contribution < -0.4 is 0 Å². The van der Waals surface area contributed by atoms with Crippen LogP contribution in [0.5, 0.6) is 0 Å². The predicted octanol–water partition coefficient (Wildman–Crippen LogP) is 2.53. The van der Waals surface area contributed by atoms with Gasteiger partial charge in [0.2, 0.25) is 0 Å². The number of rotatable bonds is 8. The second-order valence-electron chi connectivity index (χ2n) is 3.89. The van der Waals surface area contributed by atoms with Crippen molar-refractivity contribution in [2.45, 2.75) is 45.1 Å². The van der Waals surface area contributed by atoms with Crippen LogP contribution in [0.25, 0.3) is 0 Å². The van der Waals surface area contributed by atoms with Gasteiger partial charge in [0.1, 0.15) is 0 Å². The van der Waals surface area contributed by atoms with Crippen molar-refractivity contribution in [3.8, 4) is 0 Å². The SMILES string of the molecule is CCCCCC(CCOC)N(C)C. The zero-order chi connectivity index (χ0) is 10.1. The van der Waals surface area contributed by atoms with E-state index in [0.717, 1.165) is 13.0 Å². The maximum atomic E-state index is 5.10. The predicted molar refractivity (Wildman–Crippen MR) is 58.1 cm³/mol. The first-order valence-electron chi connectivity index (χ1n) is 5.37. The summed E-state index contributed by atoms with van der Waals surface area (Å²) in [6.45, 7) is 3.13. The molecule has 2 nitrogen and oxygen atoms in total. The van der Waals surface area contributed by atoms with Gasteiger partial charge < -0.3 is 9.64 Å². The standard InChI is InChI=1S/C11H25NO/c1-5-6-7-8-11(12(2)3)9-10-13-4/h11H,5-10H2,1-4H3. The highest BCUT2D eigenvalue weighted by Gasteiger charge is 2.09. The maximum absolute atomic E-state index is 5.10. The number of nitrogens with zero attached hydrogens (tertiary/aromatic N) is 1. The van der Waals surface area contributed by atoms with E-state index in [-0.39, 0.29) is 0 Å². The van der Waals surface area contributed by atoms with Crippen LogP contribution in [0, 0.1) is 0 Å². The molecule has 0 aromatic rings. The molecule has 0 bridgehead atoms. The molecule has 1 atom stereocenters. The summed E-state index contributed by atoms with van der Waals surface area (Å²) in [5.41, 5.74) is 0. The van der Waals surface area contributed by atoms with Gasteiger partial charge in [0.05, 0.1) is 0 Å². The van der Waals surface area contributed by atoms with Crippen molar-refractivity contribution in [2.75, 3.05) is 27.8 Å². The molecule has 0 spiro atoms. The van der Waals surface area contributed by atoms with Gasteiger partial charge in [-0.3, -0.25) is 0 Å². The van der Waals surface area contributed by atoms with Crippen LogP contribution in [0.1, 0.15) is 39.0 Å². The lowest BCUT2D eigenvalue weighted by Gasteiger charge is -2.23. The molecule has 1 unspecified atom stereocenters. The van der Waals surface area contributed by atoms with Crippen LogP contribution in [-0.2, 0) is 4.74 Å². The first kappa shape index (κ1) is 12.9. The molecule has 0 amide bonds. The van der Waals surface area contributed by atoms with E-state index in [4.69, 9.17) is 4.74 Å². The molecule has 0 rings (SSSR count). The molecular weight excluding hydrogens is 162 g/mol. The van der Waals surface area contributed by atoms with Crippen LogP contribution in [0.15, 0.2) is 0 Å². The second kappa shape index (κ2) is 8.52. The van der Waals surface area contributed by atoms with Crippen molar-refractivity contribution in [1.29, 1.82) is 0 Å². The summed E-state index contributed by atoms with van der Waals surface area (Å²) < 4.78 is 5.10. The average molecular weight is 187 g/mol. The summed E-state index contributed by atoms with van der Waals surface area (Å²) in [6.07, 6.45) is 6.49. The molecule has 0 aliphatic carbocycles. The lowest BCUT2D eigenvalue weighted by Crippen LogP contribution is -2.29. The molecular formula is C11H25NO. The fraction of sp³-hybridized carbons (Fsp3) is 1.00. The van der Waals surface area contributed by atoms with Crippen LogP contribution in [0.4, 0.5) is 0 Å². The summed E-state index contributed by atoms with van der Waals surface area (Å²) in [7, 11) is 6.09. The molecule has 0 aliphatic heterocycles. The summed E-state index contributed by atoms with van der Waals surface area (Å²) in [4.78, 5) is 2.31. The normalized spacial score (nSPS) is 13.6. The third-order valence-electron chi connectivity index (χ3n) is 2.53. The van der Waals surface area contributed by atoms with E-state index in [1.165, 1.54) is 25.7 Å². The quantitative estimate of drug-likeness (QED) is 0.541. The molecule has 2 heteroatoms. The smallest absolute Gasteiger partial charge is 0.0477 e. The van der Waals surface area contributed by atoms with Crippen LogP contribution in [0.2, 0.25) is 0 Å². The molecule has 80 valence electrons. The number of unbranched alkanes of at least 4 members (excludes halogenated alkanes) is 2. The zero-order valence-corrected chi connectivity index (χ0v) is 9.68. The van der Waals surface area contributed by atoms with Gasteiger partial charge >= 0.3 is 0 Å². The van der Waals surface area contributed by atoms with Gasteiger partial charge in [0, 0.05) is 19.8 Å². The number of methoxy groups -OCH3 is 1. The third kappa shape index (κ3) is 7.03. The fourth-order valence-corrected chi connectivity index (χ4v) is 1.54. The Morgan fingerprint density at radius 2 is 1.85 bits per heavy atom. The molecule has 0 fully saturated rings. The molecule has 0 radical (unpaired) electrons. The average Bonchev–Trinajstić information content (AvgIpc) is 2.10. The topological polar surface area (TPSA) is 12.5 Å². The van der Waals surface area contributed by atoms with Gasteiger partial charge in [0.15, 0.2) is 0 Å². The molecule has 13 heavy (non-hydrogen) atoms. The Hall–Kier alpha value is -0.0800. The highest BCUT2D eigenvalue weighted by molar-refractivity contribution is 4.65. The zero-order valence-electron chi connectivity index (χ0n) is 9.68. The van der Waals surface area contributed by atoms with E-state index in [1.54, 1.807) is 7.11 Å². The van der Waals surface area contributed by atoms with E-state index >= 15 is 0 Å².